The van der Waals surface area contributed by atoms with Crippen LogP contribution in [0.2, 0.25) is 0 Å². The van der Waals surface area contributed by atoms with Crippen LogP contribution in [-0.4, -0.2) is 10.5 Å². The largest absolute Gasteiger partial charge is 0.322 e. The van der Waals surface area contributed by atoms with Gasteiger partial charge in [-0.05, 0) is 50.1 Å². The van der Waals surface area contributed by atoms with Gasteiger partial charge >= 0.3 is 0 Å². The van der Waals surface area contributed by atoms with Crippen molar-refractivity contribution in [2.75, 3.05) is 5.32 Å². The Kier molecular flexibility index (Phi) is 4.32. The third kappa shape index (κ3) is 3.08. The van der Waals surface area contributed by atoms with E-state index in [1.165, 1.54) is 4.57 Å². The Labute approximate surface area is 131 Å². The molecule has 1 N–H and O–H groups in total. The van der Waals surface area contributed by atoms with Gasteiger partial charge in [-0.1, -0.05) is 22.0 Å². The minimum Gasteiger partial charge on any atom is -0.322 e. The molecule has 0 bridgehead atoms. The number of hydrogen-bond acceptors (Lipinski definition) is 2. The van der Waals surface area contributed by atoms with E-state index in [4.69, 9.17) is 0 Å². The maximum Gasteiger partial charge on any atom is 0.263 e. The predicted molar refractivity (Wildman–Crippen MR) is 88.0 cm³/mol. The highest BCUT2D eigenvalue weighted by Crippen LogP contribution is 2.21. The molecule has 0 atom stereocenters. The molecule has 1 aromatic carbocycles. The lowest BCUT2D eigenvalue weighted by Gasteiger charge is -2.11. The molecule has 1 amide bonds. The van der Waals surface area contributed by atoms with E-state index in [9.17, 15) is 9.59 Å². The van der Waals surface area contributed by atoms with Crippen molar-refractivity contribution in [3.05, 3.63) is 61.5 Å². The molecular formula is C16H17BrN2O2. The molecule has 0 aliphatic heterocycles. The molecule has 2 aromatic rings. The van der Waals surface area contributed by atoms with Gasteiger partial charge in [0.15, 0.2) is 0 Å². The molecule has 1 heterocycles. The molecule has 0 fully saturated rings. The van der Waals surface area contributed by atoms with Crippen LogP contribution in [0, 0.1) is 20.8 Å². The standard InChI is InChI=1S/C16H17BrN2O2/c1-9-5-6-12(8-13(9)17)18-15(20)14-10(2)7-11(3)19(4)16(14)21/h5-8H,1-4H3,(H,18,20). The molecule has 0 spiro atoms. The lowest BCUT2D eigenvalue weighted by molar-refractivity contribution is 0.102. The van der Waals surface area contributed by atoms with E-state index < -0.39 is 0 Å². The van der Waals surface area contributed by atoms with Crippen molar-refractivity contribution in [2.24, 2.45) is 7.05 Å². The van der Waals surface area contributed by atoms with Gasteiger partial charge in [0.25, 0.3) is 11.5 Å². The molecule has 0 radical (unpaired) electrons. The zero-order valence-corrected chi connectivity index (χ0v) is 14.0. The first-order chi connectivity index (χ1) is 9.81. The van der Waals surface area contributed by atoms with Crippen LogP contribution in [0.1, 0.15) is 27.2 Å². The molecule has 0 unspecified atom stereocenters. The minimum absolute atomic E-state index is 0.180. The Morgan fingerprint density at radius 3 is 2.43 bits per heavy atom. The summed E-state index contributed by atoms with van der Waals surface area (Å²) in [6, 6.07) is 7.37. The molecule has 2 rings (SSSR count). The van der Waals surface area contributed by atoms with Gasteiger partial charge in [-0.2, -0.15) is 0 Å². The number of carbonyl (C=O) groups excluding carboxylic acids is 1. The van der Waals surface area contributed by atoms with Crippen molar-refractivity contribution in [3.63, 3.8) is 0 Å². The van der Waals surface area contributed by atoms with Crippen LogP contribution in [0.15, 0.2) is 33.5 Å². The summed E-state index contributed by atoms with van der Waals surface area (Å²) in [6.45, 7) is 5.58. The Morgan fingerprint density at radius 2 is 1.81 bits per heavy atom. The number of nitrogens with one attached hydrogen (secondary N) is 1. The summed E-state index contributed by atoms with van der Waals surface area (Å²) in [7, 11) is 1.66. The number of hydrogen-bond donors (Lipinski definition) is 1. The fraction of sp³-hybridized carbons (Fsp3) is 0.250. The van der Waals surface area contributed by atoms with Crippen LogP contribution in [0.5, 0.6) is 0 Å². The van der Waals surface area contributed by atoms with Crippen LogP contribution in [0.25, 0.3) is 0 Å². The van der Waals surface area contributed by atoms with Crippen LogP contribution in [0.4, 0.5) is 5.69 Å². The predicted octanol–water partition coefficient (Wildman–Crippen LogP) is 3.33. The number of amides is 1. The fourth-order valence-electron chi connectivity index (χ4n) is 2.12. The Hall–Kier alpha value is -1.88. The van der Waals surface area contributed by atoms with Gasteiger partial charge in [-0.25, -0.2) is 0 Å². The van der Waals surface area contributed by atoms with Gasteiger partial charge in [-0.15, -0.1) is 0 Å². The molecule has 110 valence electrons. The van der Waals surface area contributed by atoms with Gasteiger partial charge in [0.05, 0.1) is 0 Å². The molecule has 0 saturated carbocycles. The molecule has 21 heavy (non-hydrogen) atoms. The molecule has 4 nitrogen and oxygen atoms in total. The van der Waals surface area contributed by atoms with E-state index in [2.05, 4.69) is 21.2 Å². The van der Waals surface area contributed by atoms with Crippen molar-refractivity contribution in [1.29, 1.82) is 0 Å². The molecule has 5 heteroatoms. The van der Waals surface area contributed by atoms with Gasteiger partial charge in [0.1, 0.15) is 5.56 Å². The second kappa shape index (κ2) is 5.85. The van der Waals surface area contributed by atoms with Crippen LogP contribution < -0.4 is 10.9 Å². The second-order valence-corrected chi connectivity index (χ2v) is 5.98. The third-order valence-corrected chi connectivity index (χ3v) is 4.38. The molecular weight excluding hydrogens is 332 g/mol. The van der Waals surface area contributed by atoms with Crippen molar-refractivity contribution >= 4 is 27.5 Å². The average Bonchev–Trinajstić information content (AvgIpc) is 2.40. The van der Waals surface area contributed by atoms with Crippen LogP contribution >= 0.6 is 15.9 Å². The Morgan fingerprint density at radius 1 is 1.14 bits per heavy atom. The van der Waals surface area contributed by atoms with Crippen molar-refractivity contribution in [3.8, 4) is 0 Å². The van der Waals surface area contributed by atoms with Gasteiger partial charge in [0, 0.05) is 22.9 Å². The fourth-order valence-corrected chi connectivity index (χ4v) is 2.50. The Balaban J connectivity index is 2.39. The van der Waals surface area contributed by atoms with Gasteiger partial charge < -0.3 is 9.88 Å². The molecule has 0 aliphatic carbocycles. The summed E-state index contributed by atoms with van der Waals surface area (Å²) in [4.78, 5) is 24.6. The third-order valence-electron chi connectivity index (χ3n) is 3.52. The van der Waals surface area contributed by atoms with E-state index in [0.29, 0.717) is 11.3 Å². The quantitative estimate of drug-likeness (QED) is 0.904. The van der Waals surface area contributed by atoms with E-state index in [-0.39, 0.29) is 17.0 Å². The van der Waals surface area contributed by atoms with E-state index in [0.717, 1.165) is 15.7 Å². The first-order valence-corrected chi connectivity index (χ1v) is 7.35. The minimum atomic E-state index is -0.385. The first kappa shape index (κ1) is 15.5. The highest BCUT2D eigenvalue weighted by Gasteiger charge is 2.16. The topological polar surface area (TPSA) is 51.1 Å². The number of aryl methyl sites for hydroxylation is 3. The zero-order valence-electron chi connectivity index (χ0n) is 12.5. The SMILES string of the molecule is Cc1ccc(NC(=O)c2c(C)cc(C)n(C)c2=O)cc1Br. The van der Waals surface area contributed by atoms with Crippen molar-refractivity contribution in [1.82, 2.24) is 4.57 Å². The average molecular weight is 349 g/mol. The molecule has 1 aromatic heterocycles. The van der Waals surface area contributed by atoms with Gasteiger partial charge in [-0.3, -0.25) is 9.59 Å². The van der Waals surface area contributed by atoms with Gasteiger partial charge in [0.2, 0.25) is 0 Å². The number of pyridine rings is 1. The highest BCUT2D eigenvalue weighted by molar-refractivity contribution is 9.10. The monoisotopic (exact) mass is 348 g/mol. The van der Waals surface area contributed by atoms with Crippen molar-refractivity contribution < 1.29 is 4.79 Å². The summed E-state index contributed by atoms with van der Waals surface area (Å²) in [6.07, 6.45) is 0. The van der Waals surface area contributed by atoms with E-state index >= 15 is 0 Å². The number of benzene rings is 1. The number of anilines is 1. The smallest absolute Gasteiger partial charge is 0.263 e. The number of aromatic nitrogens is 1. The first-order valence-electron chi connectivity index (χ1n) is 6.56. The lowest BCUT2D eigenvalue weighted by Crippen LogP contribution is -2.30. The maximum atomic E-state index is 12.4. The van der Waals surface area contributed by atoms with E-state index in [1.54, 1.807) is 14.0 Å². The normalized spacial score (nSPS) is 10.5. The van der Waals surface area contributed by atoms with Crippen LogP contribution in [-0.2, 0) is 7.05 Å². The summed E-state index contributed by atoms with van der Waals surface area (Å²) < 4.78 is 2.39. The van der Waals surface area contributed by atoms with Crippen LogP contribution in [0.3, 0.4) is 0 Å². The van der Waals surface area contributed by atoms with Crippen molar-refractivity contribution in [2.45, 2.75) is 20.8 Å². The zero-order chi connectivity index (χ0) is 15.7. The number of nitrogens with zero attached hydrogens (tertiary/aromatic N) is 1. The summed E-state index contributed by atoms with van der Waals surface area (Å²) in [5, 5.41) is 2.77. The highest BCUT2D eigenvalue weighted by atomic mass is 79.9. The summed E-state index contributed by atoms with van der Waals surface area (Å²) in [5.41, 5.74) is 3.14. The second-order valence-electron chi connectivity index (χ2n) is 5.13. The number of carbonyl (C=O) groups is 1. The molecule has 0 aliphatic rings. The number of halogens is 1. The summed E-state index contributed by atoms with van der Waals surface area (Å²) in [5.74, 6) is -0.385. The summed E-state index contributed by atoms with van der Waals surface area (Å²) >= 11 is 3.43. The Bertz CT molecular complexity index is 779. The lowest BCUT2D eigenvalue weighted by atomic mass is 10.1. The van der Waals surface area contributed by atoms with E-state index in [1.807, 2.05) is 38.1 Å². The molecule has 0 saturated heterocycles. The maximum absolute atomic E-state index is 12.4. The number of rotatable bonds is 2.